The summed E-state index contributed by atoms with van der Waals surface area (Å²) in [5.74, 6) is -2.85. The summed E-state index contributed by atoms with van der Waals surface area (Å²) in [6.07, 6.45) is 7.89. The first-order chi connectivity index (χ1) is 31.1. The molecule has 338 valence electrons. The average Bonchev–Trinajstić information content (AvgIpc) is 3.95. The van der Waals surface area contributed by atoms with Crippen molar-refractivity contribution < 1.29 is 37.4 Å². The van der Waals surface area contributed by atoms with Crippen molar-refractivity contribution in [3.63, 3.8) is 0 Å². The van der Waals surface area contributed by atoms with Crippen LogP contribution in [0, 0.1) is 23.2 Å². The number of nitrogens with one attached hydrogen (secondary N) is 4. The van der Waals surface area contributed by atoms with Crippen molar-refractivity contribution >= 4 is 35.0 Å². The lowest BCUT2D eigenvalue weighted by atomic mass is 9.98. The smallest absolute Gasteiger partial charge is 0.407 e. The minimum Gasteiger partial charge on any atom is -0.453 e. The topological polar surface area (TPSA) is 175 Å². The zero-order valence-corrected chi connectivity index (χ0v) is 37.1. The highest BCUT2D eigenvalue weighted by Gasteiger charge is 2.55. The van der Waals surface area contributed by atoms with Crippen molar-refractivity contribution in [3.8, 4) is 33.5 Å². The van der Waals surface area contributed by atoms with Crippen LogP contribution in [-0.2, 0) is 25.0 Å². The number of alkyl halides is 2. The number of aromatic amines is 2. The van der Waals surface area contributed by atoms with Gasteiger partial charge < -0.3 is 39.9 Å². The number of halogens is 2. The Morgan fingerprint density at radius 2 is 1.40 bits per heavy atom. The van der Waals surface area contributed by atoms with Crippen LogP contribution in [0.1, 0.15) is 88.2 Å². The van der Waals surface area contributed by atoms with Crippen molar-refractivity contribution in [2.75, 3.05) is 20.8 Å². The molecule has 2 aromatic heterocycles. The van der Waals surface area contributed by atoms with E-state index in [0.717, 1.165) is 31.2 Å². The number of amides is 4. The van der Waals surface area contributed by atoms with Crippen LogP contribution in [0.3, 0.4) is 0 Å². The number of carbonyl (C=O) groups is 4. The number of fused-ring (bicyclic) bond motifs is 6. The van der Waals surface area contributed by atoms with Crippen LogP contribution in [0.5, 0.6) is 0 Å². The van der Waals surface area contributed by atoms with E-state index in [0.29, 0.717) is 57.2 Å². The van der Waals surface area contributed by atoms with Gasteiger partial charge in [-0.15, -0.1) is 0 Å². The molecule has 2 saturated heterocycles. The Morgan fingerprint density at radius 3 is 2.05 bits per heavy atom. The second-order valence-corrected chi connectivity index (χ2v) is 19.1. The maximum Gasteiger partial charge on any atom is 0.407 e. The van der Waals surface area contributed by atoms with Gasteiger partial charge in [-0.2, -0.15) is 8.78 Å². The maximum atomic E-state index is 16.7. The Balaban J connectivity index is 0.897. The van der Waals surface area contributed by atoms with E-state index in [9.17, 15) is 19.2 Å². The maximum absolute atomic E-state index is 16.7. The van der Waals surface area contributed by atoms with Gasteiger partial charge in [-0.05, 0) is 89.5 Å². The third kappa shape index (κ3) is 7.12. The van der Waals surface area contributed by atoms with Gasteiger partial charge in [0.25, 0.3) is 5.92 Å². The van der Waals surface area contributed by atoms with Crippen LogP contribution >= 0.6 is 0 Å². The Kier molecular flexibility index (Phi) is 10.1. The number of aromatic nitrogens is 4. The summed E-state index contributed by atoms with van der Waals surface area (Å²) in [5.41, 5.74) is 4.57. The molecular formula is C49H52F2N8O6. The summed E-state index contributed by atoms with van der Waals surface area (Å²) < 4.78 is 43.0. The monoisotopic (exact) mass is 886 g/mol. The van der Waals surface area contributed by atoms with E-state index in [-0.39, 0.29) is 64.2 Å². The molecule has 6 atom stereocenters. The molecule has 10 rings (SSSR count). The molecule has 3 aliphatic carbocycles. The molecule has 4 N–H and O–H groups in total. The highest BCUT2D eigenvalue weighted by Crippen LogP contribution is 2.59. The largest absolute Gasteiger partial charge is 0.453 e. The molecule has 0 radical (unpaired) electrons. The Morgan fingerprint density at radius 1 is 0.785 bits per heavy atom. The second kappa shape index (κ2) is 15.5. The van der Waals surface area contributed by atoms with E-state index < -0.39 is 30.2 Å². The predicted octanol–water partition coefficient (Wildman–Crippen LogP) is 8.38. The number of likely N-dealkylation sites (tertiary alicyclic amines) is 2. The Bertz CT molecular complexity index is 2790. The van der Waals surface area contributed by atoms with Crippen molar-refractivity contribution in [3.05, 3.63) is 95.7 Å². The minimum atomic E-state index is -3.29. The SMILES string of the molecule is COC(=O)N[C@H](C(=O)N1CC2(CC2)C[C@H]1c1ncc(-c2ccc3c(c2)C(F)(F)c2cc(-c4ccc5nc([C@@H]6[C@H]7C=C[C@H](C7)N6C(=O)[C@@H](NC(=O)OC)C(C)C)[nH]c5c4)ccc2-3)[nH]1)C(C)C. The molecule has 65 heavy (non-hydrogen) atoms. The molecule has 2 aliphatic heterocycles. The van der Waals surface area contributed by atoms with E-state index in [2.05, 4.69) is 26.7 Å². The van der Waals surface area contributed by atoms with Crippen molar-refractivity contribution in [1.29, 1.82) is 0 Å². The zero-order valence-electron chi connectivity index (χ0n) is 37.1. The van der Waals surface area contributed by atoms with Crippen molar-refractivity contribution in [2.24, 2.45) is 23.2 Å². The van der Waals surface area contributed by atoms with E-state index in [1.807, 2.05) is 69.0 Å². The first-order valence-electron chi connectivity index (χ1n) is 22.3. The number of hydrogen-bond acceptors (Lipinski definition) is 8. The highest BCUT2D eigenvalue weighted by molar-refractivity contribution is 5.89. The molecule has 14 nitrogen and oxygen atoms in total. The molecule has 0 unspecified atom stereocenters. The number of benzene rings is 3. The van der Waals surface area contributed by atoms with Crippen LogP contribution in [0.4, 0.5) is 18.4 Å². The van der Waals surface area contributed by atoms with Gasteiger partial charge in [0.15, 0.2) is 0 Å². The molecule has 4 heterocycles. The normalized spacial score (nSPS) is 22.7. The van der Waals surface area contributed by atoms with Crippen LogP contribution in [0.15, 0.2) is 72.9 Å². The Labute approximate surface area is 374 Å². The summed E-state index contributed by atoms with van der Waals surface area (Å²) >= 11 is 0. The number of imidazole rings is 2. The van der Waals surface area contributed by atoms with Gasteiger partial charge in [0.05, 0.1) is 55.3 Å². The fraction of sp³-hybridized carbons (Fsp3) is 0.429. The molecule has 3 fully saturated rings. The first kappa shape index (κ1) is 42.4. The third-order valence-corrected chi connectivity index (χ3v) is 14.3. The molecule has 2 bridgehead atoms. The molecule has 16 heteroatoms. The summed E-state index contributed by atoms with van der Waals surface area (Å²) in [4.78, 5) is 72.4. The fourth-order valence-electron chi connectivity index (χ4n) is 10.6. The highest BCUT2D eigenvalue weighted by atomic mass is 19.3. The number of alkyl carbamates (subject to hydrolysis) is 2. The van der Waals surface area contributed by atoms with Crippen molar-refractivity contribution in [1.82, 2.24) is 40.4 Å². The lowest BCUT2D eigenvalue weighted by Gasteiger charge is -2.35. The van der Waals surface area contributed by atoms with Crippen LogP contribution in [0.25, 0.3) is 44.5 Å². The quantitative estimate of drug-likeness (QED) is 0.101. The molecule has 5 aromatic rings. The average molecular weight is 887 g/mol. The summed E-state index contributed by atoms with van der Waals surface area (Å²) in [6, 6.07) is 13.4. The molecule has 4 amide bonds. The number of rotatable bonds is 10. The lowest BCUT2D eigenvalue weighted by molar-refractivity contribution is -0.137. The van der Waals surface area contributed by atoms with Gasteiger partial charge >= 0.3 is 12.2 Å². The predicted molar refractivity (Wildman–Crippen MR) is 237 cm³/mol. The number of H-pyrrole nitrogens is 2. The van der Waals surface area contributed by atoms with E-state index >= 15 is 8.78 Å². The van der Waals surface area contributed by atoms with Gasteiger partial charge in [-0.25, -0.2) is 19.6 Å². The molecule has 1 spiro atoms. The molecule has 3 aromatic carbocycles. The lowest BCUT2D eigenvalue weighted by Crippen LogP contribution is -2.53. The molecular weight excluding hydrogens is 835 g/mol. The molecule has 1 saturated carbocycles. The number of nitrogens with zero attached hydrogens (tertiary/aromatic N) is 4. The summed E-state index contributed by atoms with van der Waals surface area (Å²) in [5, 5.41) is 5.41. The van der Waals surface area contributed by atoms with Crippen LogP contribution in [-0.4, -0.2) is 92.6 Å². The van der Waals surface area contributed by atoms with Crippen LogP contribution < -0.4 is 10.6 Å². The van der Waals surface area contributed by atoms with E-state index in [4.69, 9.17) is 19.4 Å². The standard InChI is InChI=1S/C49H52F2N8O6/c1-24(2)39(56-46(62)64-5)44(60)58-23-48(15-16-48)21-38(58)42-52-22-37(55-42)28-9-13-32-31-12-8-26(18-33(31)49(50,51)34(32)19-28)27-10-14-35-36(20-27)54-43(53-35)41-29-7-11-30(17-29)59(41)45(61)40(25(3)4)57-47(63)65-6/h7-14,18-20,22,24-25,29-30,38-41H,15-17,21,23H2,1-6H3,(H,52,55)(H,53,54)(H,56,62)(H,57,63)/t29-,30+,38-,39-,40-,41-/m0/s1. The second-order valence-electron chi connectivity index (χ2n) is 19.1. The first-order valence-corrected chi connectivity index (χ1v) is 22.3. The van der Waals surface area contributed by atoms with Gasteiger partial charge in [0, 0.05) is 29.2 Å². The van der Waals surface area contributed by atoms with Crippen LogP contribution in [0.2, 0.25) is 0 Å². The van der Waals surface area contributed by atoms with Crippen molar-refractivity contribution in [2.45, 2.75) is 89.5 Å². The van der Waals surface area contributed by atoms with Gasteiger partial charge in [0.2, 0.25) is 11.8 Å². The third-order valence-electron chi connectivity index (χ3n) is 14.3. The fourth-order valence-corrected chi connectivity index (χ4v) is 10.6. The minimum absolute atomic E-state index is 0.00800. The Hall–Kier alpha value is -6.58. The number of hydrogen-bond donors (Lipinski definition) is 4. The van der Waals surface area contributed by atoms with Gasteiger partial charge in [-0.3, -0.25) is 9.59 Å². The zero-order chi connectivity index (χ0) is 45.7. The van der Waals surface area contributed by atoms with Gasteiger partial charge in [0.1, 0.15) is 23.7 Å². The summed E-state index contributed by atoms with van der Waals surface area (Å²) in [6.45, 7) is 8.04. The number of ether oxygens (including phenoxy) is 2. The van der Waals surface area contributed by atoms with E-state index in [1.165, 1.54) is 20.3 Å². The molecule has 5 aliphatic rings. The van der Waals surface area contributed by atoms with E-state index in [1.54, 1.807) is 29.3 Å². The van der Waals surface area contributed by atoms with Gasteiger partial charge in [-0.1, -0.05) is 70.2 Å². The number of methoxy groups -OCH3 is 2. The summed E-state index contributed by atoms with van der Waals surface area (Å²) in [7, 11) is 2.53. The number of carbonyl (C=O) groups excluding carboxylic acids is 4.